The molecule has 2 N–H and O–H groups in total. The molecular weight excluding hydrogens is 362 g/mol. The molecule has 10 nitrogen and oxygen atoms in total. The predicted molar refractivity (Wildman–Crippen MR) is 94.4 cm³/mol. The van der Waals surface area contributed by atoms with Crippen molar-refractivity contribution in [2.45, 2.75) is 0 Å². The van der Waals surface area contributed by atoms with Crippen molar-refractivity contribution in [3.8, 4) is 12.3 Å². The summed E-state index contributed by atoms with van der Waals surface area (Å²) in [7, 11) is 0. The van der Waals surface area contributed by atoms with Gasteiger partial charge in [0.05, 0.1) is 59.5 Å². The maximum atomic E-state index is 11.2. The lowest BCUT2D eigenvalue weighted by Crippen LogP contribution is -2.31. The maximum absolute atomic E-state index is 11.2. The Morgan fingerprint density at radius 1 is 0.741 bits per heavy atom. The molecule has 0 atom stereocenters. The molecule has 156 valence electrons. The Bertz CT molecular complexity index is 412. The van der Waals surface area contributed by atoms with Crippen LogP contribution in [0.4, 0.5) is 0 Å². The summed E-state index contributed by atoms with van der Waals surface area (Å²) >= 11 is 0. The first-order valence-corrected chi connectivity index (χ1v) is 8.55. The first kappa shape index (κ1) is 25.3. The molecule has 0 aliphatic rings. The molecule has 1 amide bonds. The fourth-order valence-corrected chi connectivity index (χ4v) is 1.56. The van der Waals surface area contributed by atoms with Crippen molar-refractivity contribution >= 4 is 11.9 Å². The zero-order chi connectivity index (χ0) is 20.0. The van der Waals surface area contributed by atoms with Crippen molar-refractivity contribution in [2.75, 3.05) is 85.8 Å². The summed E-state index contributed by atoms with van der Waals surface area (Å²) < 4.78 is 30.9. The van der Waals surface area contributed by atoms with Crippen molar-refractivity contribution < 1.29 is 43.1 Å². The third kappa shape index (κ3) is 22.2. The minimum atomic E-state index is -1.12. The number of rotatable bonds is 20. The van der Waals surface area contributed by atoms with Crippen LogP contribution in [-0.4, -0.2) is 103 Å². The zero-order valence-corrected chi connectivity index (χ0v) is 15.5. The SMILES string of the molecule is C#CCOCCOCCOCCOCCOCCNC(=O)COCC(=O)O. The third-order valence-electron chi connectivity index (χ3n) is 2.70. The summed E-state index contributed by atoms with van der Waals surface area (Å²) in [6.07, 6.45) is 5.03. The van der Waals surface area contributed by atoms with Crippen LogP contribution in [0.2, 0.25) is 0 Å². The molecule has 0 aromatic carbocycles. The van der Waals surface area contributed by atoms with Gasteiger partial charge in [-0.05, 0) is 0 Å². The Hall–Kier alpha value is -1.74. The number of hydrogen-bond acceptors (Lipinski definition) is 8. The highest BCUT2D eigenvalue weighted by atomic mass is 16.6. The van der Waals surface area contributed by atoms with Crippen LogP contribution in [0.3, 0.4) is 0 Å². The second-order valence-corrected chi connectivity index (χ2v) is 4.94. The van der Waals surface area contributed by atoms with E-state index in [1.165, 1.54) is 0 Å². The average Bonchev–Trinajstić information content (AvgIpc) is 2.64. The van der Waals surface area contributed by atoms with Gasteiger partial charge in [-0.15, -0.1) is 6.42 Å². The number of terminal acetylenes is 1. The second-order valence-electron chi connectivity index (χ2n) is 4.94. The normalized spacial score (nSPS) is 10.5. The second kappa shape index (κ2) is 20.6. The van der Waals surface area contributed by atoms with E-state index in [4.69, 9.17) is 35.2 Å². The van der Waals surface area contributed by atoms with Gasteiger partial charge in [0.1, 0.15) is 19.8 Å². The molecule has 0 aliphatic heterocycles. The smallest absolute Gasteiger partial charge is 0.329 e. The molecule has 0 aromatic heterocycles. The highest BCUT2D eigenvalue weighted by molar-refractivity contribution is 5.77. The molecular formula is C17H29NO9. The summed E-state index contributed by atoms with van der Waals surface area (Å²) in [5.41, 5.74) is 0. The van der Waals surface area contributed by atoms with Crippen molar-refractivity contribution in [3.63, 3.8) is 0 Å². The van der Waals surface area contributed by atoms with Gasteiger partial charge in [0.15, 0.2) is 0 Å². The third-order valence-corrected chi connectivity index (χ3v) is 2.70. The molecule has 0 heterocycles. The quantitative estimate of drug-likeness (QED) is 0.197. The maximum Gasteiger partial charge on any atom is 0.329 e. The Morgan fingerprint density at radius 3 is 1.70 bits per heavy atom. The van der Waals surface area contributed by atoms with E-state index < -0.39 is 18.5 Å². The van der Waals surface area contributed by atoms with Crippen LogP contribution in [0.15, 0.2) is 0 Å². The van der Waals surface area contributed by atoms with Gasteiger partial charge in [0, 0.05) is 6.54 Å². The molecule has 0 aromatic rings. The Morgan fingerprint density at radius 2 is 1.22 bits per heavy atom. The lowest BCUT2D eigenvalue weighted by atomic mass is 10.6. The van der Waals surface area contributed by atoms with E-state index in [-0.39, 0.29) is 6.61 Å². The van der Waals surface area contributed by atoms with Crippen molar-refractivity contribution in [2.24, 2.45) is 0 Å². The Labute approximate surface area is 159 Å². The largest absolute Gasteiger partial charge is 0.480 e. The molecule has 10 heteroatoms. The molecule has 0 unspecified atom stereocenters. The standard InChI is InChI=1S/C17H29NO9/c1-2-4-22-6-8-24-10-12-26-13-11-25-9-7-23-5-3-18-16(19)14-27-15-17(20)21/h1H,3-15H2,(H,18,19)(H,20,21). The van der Waals surface area contributed by atoms with E-state index in [0.29, 0.717) is 72.6 Å². The fourth-order valence-electron chi connectivity index (χ4n) is 1.56. The van der Waals surface area contributed by atoms with Crippen LogP contribution >= 0.6 is 0 Å². The summed E-state index contributed by atoms with van der Waals surface area (Å²) in [5.74, 6) is 0.859. The molecule has 0 saturated heterocycles. The van der Waals surface area contributed by atoms with Crippen LogP contribution in [0.5, 0.6) is 0 Å². The fraction of sp³-hybridized carbons (Fsp3) is 0.765. The van der Waals surface area contributed by atoms with Gasteiger partial charge in [-0.1, -0.05) is 5.92 Å². The number of carbonyl (C=O) groups is 2. The molecule has 0 rings (SSSR count). The van der Waals surface area contributed by atoms with E-state index in [1.54, 1.807) is 0 Å². The van der Waals surface area contributed by atoms with Crippen molar-refractivity contribution in [3.05, 3.63) is 0 Å². The van der Waals surface area contributed by atoms with Crippen LogP contribution in [0.25, 0.3) is 0 Å². The molecule has 0 spiro atoms. The number of ether oxygens (including phenoxy) is 6. The summed E-state index contributed by atoms with van der Waals surface area (Å²) in [6.45, 7) is 3.77. The van der Waals surface area contributed by atoms with Crippen molar-refractivity contribution in [1.82, 2.24) is 5.32 Å². The number of hydrogen-bond donors (Lipinski definition) is 2. The highest BCUT2D eigenvalue weighted by Crippen LogP contribution is 1.84. The number of nitrogens with one attached hydrogen (secondary N) is 1. The first-order valence-electron chi connectivity index (χ1n) is 8.55. The molecule has 0 aliphatic carbocycles. The lowest BCUT2D eigenvalue weighted by Gasteiger charge is -2.08. The monoisotopic (exact) mass is 391 g/mol. The summed E-state index contributed by atoms with van der Waals surface area (Å²) in [4.78, 5) is 21.4. The van der Waals surface area contributed by atoms with Gasteiger partial charge in [0.25, 0.3) is 0 Å². The van der Waals surface area contributed by atoms with Crippen molar-refractivity contribution in [1.29, 1.82) is 0 Å². The predicted octanol–water partition coefficient (Wildman–Crippen LogP) is -1.08. The van der Waals surface area contributed by atoms with E-state index in [9.17, 15) is 9.59 Å². The van der Waals surface area contributed by atoms with Crippen LogP contribution < -0.4 is 5.32 Å². The molecule has 0 fully saturated rings. The minimum Gasteiger partial charge on any atom is -0.480 e. The molecule has 0 radical (unpaired) electrons. The molecule has 0 saturated carbocycles. The lowest BCUT2D eigenvalue weighted by molar-refractivity contribution is -0.143. The van der Waals surface area contributed by atoms with Crippen LogP contribution in [0.1, 0.15) is 0 Å². The summed E-state index contributed by atoms with van der Waals surface area (Å²) in [6, 6.07) is 0. The van der Waals surface area contributed by atoms with E-state index >= 15 is 0 Å². The Kier molecular flexibility index (Phi) is 19.2. The van der Waals surface area contributed by atoms with Gasteiger partial charge in [-0.2, -0.15) is 0 Å². The van der Waals surface area contributed by atoms with Gasteiger partial charge < -0.3 is 38.8 Å². The van der Waals surface area contributed by atoms with Crippen LogP contribution in [0, 0.1) is 12.3 Å². The number of carbonyl (C=O) groups excluding carboxylic acids is 1. The molecule has 27 heavy (non-hydrogen) atoms. The van der Waals surface area contributed by atoms with Gasteiger partial charge in [-0.25, -0.2) is 4.79 Å². The first-order chi connectivity index (χ1) is 13.2. The number of amides is 1. The van der Waals surface area contributed by atoms with E-state index in [2.05, 4.69) is 16.0 Å². The van der Waals surface area contributed by atoms with Gasteiger partial charge in [0.2, 0.25) is 5.91 Å². The minimum absolute atomic E-state index is 0.291. The number of carboxylic acid groups (broad SMARTS) is 1. The number of carboxylic acids is 1. The van der Waals surface area contributed by atoms with Gasteiger partial charge in [-0.3, -0.25) is 4.79 Å². The topological polar surface area (TPSA) is 122 Å². The average molecular weight is 391 g/mol. The number of aliphatic carboxylic acids is 1. The summed E-state index contributed by atoms with van der Waals surface area (Å²) in [5, 5.41) is 10.9. The van der Waals surface area contributed by atoms with Gasteiger partial charge >= 0.3 is 5.97 Å². The van der Waals surface area contributed by atoms with E-state index in [1.807, 2.05) is 0 Å². The highest BCUT2D eigenvalue weighted by Gasteiger charge is 2.02. The zero-order valence-electron chi connectivity index (χ0n) is 15.5. The van der Waals surface area contributed by atoms with Crippen LogP contribution in [-0.2, 0) is 38.0 Å². The Balaban J connectivity index is 3.11. The van der Waals surface area contributed by atoms with E-state index in [0.717, 1.165) is 0 Å². The molecule has 0 bridgehead atoms.